The average molecular weight is 335 g/mol. The van der Waals surface area contributed by atoms with Crippen LogP contribution in [0.3, 0.4) is 0 Å². The van der Waals surface area contributed by atoms with E-state index in [1.165, 1.54) is 6.42 Å². The van der Waals surface area contributed by atoms with Crippen LogP contribution in [0.25, 0.3) is 0 Å². The maximum Gasteiger partial charge on any atom is 0.233 e. The number of carbonyl (C=O) groups is 1. The van der Waals surface area contributed by atoms with Gasteiger partial charge in [-0.25, -0.2) is 0 Å². The number of rotatable bonds is 4. The molecule has 2 fully saturated rings. The highest BCUT2D eigenvalue weighted by molar-refractivity contribution is 6.30. The molecule has 1 N–H and O–H groups in total. The van der Waals surface area contributed by atoms with Crippen molar-refractivity contribution >= 4 is 17.5 Å². The van der Waals surface area contributed by atoms with Gasteiger partial charge < -0.3 is 10.2 Å². The van der Waals surface area contributed by atoms with Crippen molar-refractivity contribution in [2.75, 3.05) is 26.7 Å². The smallest absolute Gasteiger partial charge is 0.233 e. The summed E-state index contributed by atoms with van der Waals surface area (Å²) in [6, 6.07) is 7.97. The largest absolute Gasteiger partial charge is 0.342 e. The molecule has 0 radical (unpaired) electrons. The summed E-state index contributed by atoms with van der Waals surface area (Å²) in [5.41, 5.74) is 0.768. The van der Waals surface area contributed by atoms with Crippen molar-refractivity contribution in [1.82, 2.24) is 10.2 Å². The quantitative estimate of drug-likeness (QED) is 0.912. The number of amides is 1. The normalized spacial score (nSPS) is 23.9. The number of nitrogens with one attached hydrogen (secondary N) is 1. The third-order valence-electron chi connectivity index (χ3n) is 5.56. The summed E-state index contributed by atoms with van der Waals surface area (Å²) < 4.78 is 0. The predicted octanol–water partition coefficient (Wildman–Crippen LogP) is 3.61. The van der Waals surface area contributed by atoms with Gasteiger partial charge in [0, 0.05) is 18.1 Å². The van der Waals surface area contributed by atoms with Crippen LogP contribution in [0.2, 0.25) is 5.02 Å². The number of likely N-dealkylation sites (tertiary alicyclic amines) is 1. The molecule has 1 aromatic carbocycles. The molecule has 1 aliphatic heterocycles. The Balaban J connectivity index is 1.86. The molecule has 1 unspecified atom stereocenters. The fraction of sp³-hybridized carbons (Fsp3) is 0.632. The van der Waals surface area contributed by atoms with E-state index < -0.39 is 0 Å². The molecular weight excluding hydrogens is 308 g/mol. The lowest BCUT2D eigenvalue weighted by Gasteiger charge is -2.39. The first-order valence-corrected chi connectivity index (χ1v) is 9.23. The van der Waals surface area contributed by atoms with Gasteiger partial charge in [-0.1, -0.05) is 43.0 Å². The van der Waals surface area contributed by atoms with Crippen LogP contribution < -0.4 is 5.32 Å². The highest BCUT2D eigenvalue weighted by atomic mass is 35.5. The second kappa shape index (κ2) is 7.23. The lowest BCUT2D eigenvalue weighted by Crippen LogP contribution is -2.47. The highest BCUT2D eigenvalue weighted by Crippen LogP contribution is 2.42. The first-order valence-electron chi connectivity index (χ1n) is 8.86. The van der Waals surface area contributed by atoms with Gasteiger partial charge in [-0.3, -0.25) is 4.79 Å². The molecule has 1 amide bonds. The van der Waals surface area contributed by atoms with E-state index in [2.05, 4.69) is 16.3 Å². The summed E-state index contributed by atoms with van der Waals surface area (Å²) in [6.07, 6.45) is 6.52. The Hall–Kier alpha value is -1.06. The lowest BCUT2D eigenvalue weighted by molar-refractivity contribution is -0.138. The molecule has 1 saturated heterocycles. The van der Waals surface area contributed by atoms with Crippen LogP contribution in [0.4, 0.5) is 0 Å². The van der Waals surface area contributed by atoms with Crippen molar-refractivity contribution < 1.29 is 4.79 Å². The van der Waals surface area contributed by atoms with Crippen LogP contribution >= 0.6 is 11.6 Å². The van der Waals surface area contributed by atoms with Gasteiger partial charge in [0.2, 0.25) is 5.91 Å². The van der Waals surface area contributed by atoms with Gasteiger partial charge in [-0.15, -0.1) is 0 Å². The van der Waals surface area contributed by atoms with Crippen LogP contribution in [0.1, 0.15) is 44.1 Å². The summed E-state index contributed by atoms with van der Waals surface area (Å²) in [6.45, 7) is 2.78. The fourth-order valence-electron chi connectivity index (χ4n) is 4.34. The standard InChI is InChI=1S/C19H27ClN2O/c1-21-13-15-8-11-22(14-15)18(23)19(9-3-2-4-10-19)16-6-5-7-17(20)12-16/h5-7,12,15,21H,2-4,8-11,13-14H2,1H3. The Kier molecular flexibility index (Phi) is 5.27. The average Bonchev–Trinajstić information content (AvgIpc) is 3.04. The molecule has 1 atom stereocenters. The monoisotopic (exact) mass is 334 g/mol. The topological polar surface area (TPSA) is 32.3 Å². The molecule has 23 heavy (non-hydrogen) atoms. The molecule has 0 aromatic heterocycles. The summed E-state index contributed by atoms with van der Waals surface area (Å²) in [5, 5.41) is 3.97. The third kappa shape index (κ3) is 3.41. The summed E-state index contributed by atoms with van der Waals surface area (Å²) >= 11 is 6.22. The number of halogens is 1. The summed E-state index contributed by atoms with van der Waals surface area (Å²) in [5.74, 6) is 0.919. The van der Waals surface area contributed by atoms with Crippen LogP contribution in [0.15, 0.2) is 24.3 Å². The molecule has 3 rings (SSSR count). The Morgan fingerprint density at radius 3 is 2.83 bits per heavy atom. The van der Waals surface area contributed by atoms with Crippen molar-refractivity contribution in [2.45, 2.75) is 43.9 Å². The van der Waals surface area contributed by atoms with Crippen LogP contribution in [-0.2, 0) is 10.2 Å². The van der Waals surface area contributed by atoms with Crippen molar-refractivity contribution in [3.8, 4) is 0 Å². The number of hydrogen-bond acceptors (Lipinski definition) is 2. The minimum atomic E-state index is -0.350. The van der Waals surface area contributed by atoms with Crippen LogP contribution in [0.5, 0.6) is 0 Å². The zero-order valence-corrected chi connectivity index (χ0v) is 14.7. The maximum atomic E-state index is 13.4. The maximum absolute atomic E-state index is 13.4. The Labute approximate surface area is 144 Å². The van der Waals surface area contributed by atoms with Gasteiger partial charge in [0.1, 0.15) is 0 Å². The Morgan fingerprint density at radius 2 is 2.13 bits per heavy atom. The van der Waals surface area contributed by atoms with E-state index in [1.807, 2.05) is 25.2 Å². The molecule has 1 aromatic rings. The molecule has 4 heteroatoms. The molecule has 0 spiro atoms. The number of carbonyl (C=O) groups excluding carboxylic acids is 1. The third-order valence-corrected chi connectivity index (χ3v) is 5.79. The number of nitrogens with zero attached hydrogens (tertiary/aromatic N) is 1. The zero-order valence-electron chi connectivity index (χ0n) is 14.0. The van der Waals surface area contributed by atoms with E-state index in [-0.39, 0.29) is 5.41 Å². The van der Waals surface area contributed by atoms with Gasteiger partial charge in [0.15, 0.2) is 0 Å². The predicted molar refractivity (Wildman–Crippen MR) is 94.8 cm³/mol. The molecule has 1 aliphatic carbocycles. The van der Waals surface area contributed by atoms with Gasteiger partial charge in [0.05, 0.1) is 5.41 Å². The van der Waals surface area contributed by atoms with Gasteiger partial charge in [-0.2, -0.15) is 0 Å². The van der Waals surface area contributed by atoms with E-state index in [0.717, 1.165) is 62.3 Å². The lowest BCUT2D eigenvalue weighted by atomic mass is 9.68. The molecule has 2 aliphatic rings. The van der Waals surface area contributed by atoms with Crippen molar-refractivity contribution in [3.05, 3.63) is 34.9 Å². The Bertz CT molecular complexity index is 554. The van der Waals surface area contributed by atoms with Gasteiger partial charge in [-0.05, 0) is 56.5 Å². The number of hydrogen-bond donors (Lipinski definition) is 1. The van der Waals surface area contributed by atoms with E-state index in [0.29, 0.717) is 11.8 Å². The molecule has 3 nitrogen and oxygen atoms in total. The minimum absolute atomic E-state index is 0.332. The molecule has 126 valence electrons. The molecule has 0 bridgehead atoms. The van der Waals surface area contributed by atoms with E-state index >= 15 is 0 Å². The first kappa shape index (κ1) is 16.8. The second-order valence-electron chi connectivity index (χ2n) is 7.12. The molecule has 1 heterocycles. The van der Waals surface area contributed by atoms with Crippen LogP contribution in [-0.4, -0.2) is 37.5 Å². The SMILES string of the molecule is CNCC1CCN(C(=O)C2(c3cccc(Cl)c3)CCCCC2)C1. The molecular formula is C19H27ClN2O. The minimum Gasteiger partial charge on any atom is -0.342 e. The second-order valence-corrected chi connectivity index (χ2v) is 7.55. The first-order chi connectivity index (χ1) is 11.2. The summed E-state index contributed by atoms with van der Waals surface area (Å²) in [7, 11) is 1.99. The van der Waals surface area contributed by atoms with E-state index in [1.54, 1.807) is 0 Å². The zero-order chi connectivity index (χ0) is 16.3. The van der Waals surface area contributed by atoms with Crippen molar-refractivity contribution in [3.63, 3.8) is 0 Å². The van der Waals surface area contributed by atoms with Crippen LogP contribution in [0, 0.1) is 5.92 Å². The van der Waals surface area contributed by atoms with Gasteiger partial charge in [0.25, 0.3) is 0 Å². The Morgan fingerprint density at radius 1 is 1.35 bits per heavy atom. The molecule has 1 saturated carbocycles. The van der Waals surface area contributed by atoms with Crippen molar-refractivity contribution in [1.29, 1.82) is 0 Å². The summed E-state index contributed by atoms with van der Waals surface area (Å²) in [4.78, 5) is 15.6. The van der Waals surface area contributed by atoms with E-state index in [4.69, 9.17) is 11.6 Å². The van der Waals surface area contributed by atoms with Crippen molar-refractivity contribution in [2.24, 2.45) is 5.92 Å². The van der Waals surface area contributed by atoms with E-state index in [9.17, 15) is 4.79 Å². The number of benzene rings is 1. The van der Waals surface area contributed by atoms with Gasteiger partial charge >= 0.3 is 0 Å². The highest BCUT2D eigenvalue weighted by Gasteiger charge is 2.44. The fourth-order valence-corrected chi connectivity index (χ4v) is 4.53.